The number of nitro groups is 1. The van der Waals surface area contributed by atoms with E-state index in [4.69, 9.17) is 11.6 Å². The third-order valence-electron chi connectivity index (χ3n) is 4.31. The van der Waals surface area contributed by atoms with Gasteiger partial charge in [0.1, 0.15) is 5.82 Å². The largest absolute Gasteiger partial charge is 0.335 e. The maximum Gasteiger partial charge on any atom is 0.269 e. The summed E-state index contributed by atoms with van der Waals surface area (Å²) >= 11 is 7.30. The van der Waals surface area contributed by atoms with Crippen molar-refractivity contribution in [2.75, 3.05) is 12.3 Å². The number of thioether (sulfide) groups is 1. The summed E-state index contributed by atoms with van der Waals surface area (Å²) in [5.74, 6) is 0.438. The second kappa shape index (κ2) is 9.73. The van der Waals surface area contributed by atoms with Crippen LogP contribution in [0.2, 0.25) is 5.02 Å². The number of non-ortho nitro benzene ring substituents is 1. The van der Waals surface area contributed by atoms with Crippen LogP contribution < -0.4 is 5.56 Å². The molecule has 10 heteroatoms. The Labute approximate surface area is 181 Å². The minimum Gasteiger partial charge on any atom is -0.335 e. The zero-order chi connectivity index (χ0) is 21.7. The number of benzene rings is 2. The highest BCUT2D eigenvalue weighted by molar-refractivity contribution is 8.00. The Bertz CT molecular complexity index is 1130. The second-order valence-electron chi connectivity index (χ2n) is 6.53. The Morgan fingerprint density at radius 1 is 1.27 bits per heavy atom. The Hall–Kier alpha value is -2.91. The van der Waals surface area contributed by atoms with Gasteiger partial charge in [-0.1, -0.05) is 18.5 Å². The number of nitro benzene ring substituents is 1. The first-order valence-corrected chi connectivity index (χ1v) is 10.6. The molecule has 0 unspecified atom stereocenters. The SMILES string of the molecule is CCCN(Cc1nc2cc(Cl)ccc2c(=O)[nH]1)C(=O)CSc1ccc([N+](=O)[O-])cc1. The molecule has 0 radical (unpaired) electrons. The standard InChI is InChI=1S/C20H19ClN4O4S/c1-2-9-24(19(26)12-30-15-6-4-14(5-7-15)25(28)29)11-18-22-17-10-13(21)3-8-16(17)20(27)23-18/h3-8,10H,2,9,11-12H2,1H3,(H,22,23,27). The fourth-order valence-electron chi connectivity index (χ4n) is 2.88. The van der Waals surface area contributed by atoms with Crippen LogP contribution >= 0.6 is 23.4 Å². The van der Waals surface area contributed by atoms with E-state index in [1.54, 1.807) is 35.2 Å². The van der Waals surface area contributed by atoms with Crippen molar-refractivity contribution in [3.63, 3.8) is 0 Å². The first kappa shape index (κ1) is 21.8. The van der Waals surface area contributed by atoms with Crippen LogP contribution in [-0.4, -0.2) is 38.0 Å². The Morgan fingerprint density at radius 3 is 2.67 bits per heavy atom. The van der Waals surface area contributed by atoms with Crippen molar-refractivity contribution >= 4 is 45.9 Å². The molecule has 0 saturated carbocycles. The molecule has 30 heavy (non-hydrogen) atoms. The van der Waals surface area contributed by atoms with Crippen LogP contribution in [0.4, 0.5) is 5.69 Å². The van der Waals surface area contributed by atoms with Crippen molar-refractivity contribution < 1.29 is 9.72 Å². The summed E-state index contributed by atoms with van der Waals surface area (Å²) < 4.78 is 0. The molecule has 2 aromatic carbocycles. The van der Waals surface area contributed by atoms with E-state index in [-0.39, 0.29) is 29.5 Å². The summed E-state index contributed by atoms with van der Waals surface area (Å²) in [6.45, 7) is 2.64. The van der Waals surface area contributed by atoms with Gasteiger partial charge in [-0.15, -0.1) is 11.8 Å². The lowest BCUT2D eigenvalue weighted by Crippen LogP contribution is -2.34. The van der Waals surface area contributed by atoms with E-state index in [2.05, 4.69) is 9.97 Å². The molecule has 0 aliphatic heterocycles. The molecule has 0 bridgehead atoms. The van der Waals surface area contributed by atoms with E-state index in [1.807, 2.05) is 6.92 Å². The van der Waals surface area contributed by atoms with Gasteiger partial charge < -0.3 is 9.88 Å². The molecule has 0 atom stereocenters. The predicted octanol–water partition coefficient (Wildman–Crippen LogP) is 4.02. The van der Waals surface area contributed by atoms with E-state index >= 15 is 0 Å². The van der Waals surface area contributed by atoms with Crippen LogP contribution in [0.3, 0.4) is 0 Å². The first-order chi connectivity index (χ1) is 14.4. The smallest absolute Gasteiger partial charge is 0.269 e. The van der Waals surface area contributed by atoms with Gasteiger partial charge in [-0.2, -0.15) is 0 Å². The average Bonchev–Trinajstić information content (AvgIpc) is 2.71. The third kappa shape index (κ3) is 5.37. The van der Waals surface area contributed by atoms with Crippen molar-refractivity contribution in [1.82, 2.24) is 14.9 Å². The molecule has 1 aromatic heterocycles. The molecule has 3 aromatic rings. The summed E-state index contributed by atoms with van der Waals surface area (Å²) in [6, 6.07) is 10.9. The van der Waals surface area contributed by atoms with E-state index in [0.717, 1.165) is 11.3 Å². The number of carbonyl (C=O) groups excluding carboxylic acids is 1. The van der Waals surface area contributed by atoms with Crippen molar-refractivity contribution in [1.29, 1.82) is 0 Å². The molecule has 0 aliphatic carbocycles. The number of aromatic amines is 1. The third-order valence-corrected chi connectivity index (χ3v) is 5.55. The Balaban J connectivity index is 1.72. The number of carbonyl (C=O) groups is 1. The van der Waals surface area contributed by atoms with Gasteiger partial charge in [-0.05, 0) is 36.8 Å². The monoisotopic (exact) mass is 446 g/mol. The number of fused-ring (bicyclic) bond motifs is 1. The van der Waals surface area contributed by atoms with Gasteiger partial charge >= 0.3 is 0 Å². The maximum atomic E-state index is 12.7. The minimum absolute atomic E-state index is 0.00437. The zero-order valence-electron chi connectivity index (χ0n) is 16.1. The molecule has 1 N–H and O–H groups in total. The number of H-pyrrole nitrogens is 1. The number of nitrogens with zero attached hydrogens (tertiary/aromatic N) is 3. The highest BCUT2D eigenvalue weighted by atomic mass is 35.5. The highest BCUT2D eigenvalue weighted by Crippen LogP contribution is 2.22. The van der Waals surface area contributed by atoms with E-state index < -0.39 is 4.92 Å². The summed E-state index contributed by atoms with van der Waals surface area (Å²) in [5.41, 5.74) is 0.200. The number of nitrogens with one attached hydrogen (secondary N) is 1. The lowest BCUT2D eigenvalue weighted by molar-refractivity contribution is -0.384. The molecule has 0 saturated heterocycles. The highest BCUT2D eigenvalue weighted by Gasteiger charge is 2.16. The molecule has 0 fully saturated rings. The van der Waals surface area contributed by atoms with E-state index in [9.17, 15) is 19.7 Å². The number of hydrogen-bond acceptors (Lipinski definition) is 6. The number of hydrogen-bond donors (Lipinski definition) is 1. The quantitative estimate of drug-likeness (QED) is 0.318. The first-order valence-electron chi connectivity index (χ1n) is 9.21. The predicted molar refractivity (Wildman–Crippen MR) is 117 cm³/mol. The molecule has 0 aliphatic rings. The summed E-state index contributed by atoms with van der Waals surface area (Å²) in [6.07, 6.45) is 0.748. The van der Waals surface area contributed by atoms with E-state index in [1.165, 1.54) is 23.9 Å². The number of aromatic nitrogens is 2. The lowest BCUT2D eigenvalue weighted by Gasteiger charge is -2.21. The number of halogens is 1. The Kier molecular flexibility index (Phi) is 7.07. The van der Waals surface area contributed by atoms with E-state index in [0.29, 0.717) is 28.3 Å². The van der Waals surface area contributed by atoms with Crippen molar-refractivity contribution in [3.8, 4) is 0 Å². The van der Waals surface area contributed by atoms with Crippen LogP contribution in [0.25, 0.3) is 10.9 Å². The number of rotatable bonds is 8. The zero-order valence-corrected chi connectivity index (χ0v) is 17.7. The fourth-order valence-corrected chi connectivity index (χ4v) is 3.85. The molecule has 8 nitrogen and oxygen atoms in total. The normalized spacial score (nSPS) is 10.9. The molecule has 1 amide bonds. The van der Waals surface area contributed by atoms with Crippen LogP contribution in [0, 0.1) is 10.1 Å². The average molecular weight is 447 g/mol. The molecule has 156 valence electrons. The van der Waals surface area contributed by atoms with Gasteiger partial charge in [0.25, 0.3) is 11.2 Å². The summed E-state index contributed by atoms with van der Waals surface area (Å²) in [5, 5.41) is 11.7. The molecular formula is C20H19ClN4O4S. The lowest BCUT2D eigenvalue weighted by atomic mass is 10.2. The van der Waals surface area contributed by atoms with Crippen molar-refractivity contribution in [2.24, 2.45) is 0 Å². The molecular weight excluding hydrogens is 428 g/mol. The van der Waals surface area contributed by atoms with Gasteiger partial charge in [0.05, 0.1) is 28.1 Å². The topological polar surface area (TPSA) is 109 Å². The molecule has 0 spiro atoms. The summed E-state index contributed by atoms with van der Waals surface area (Å²) in [7, 11) is 0. The second-order valence-corrected chi connectivity index (χ2v) is 8.01. The molecule has 3 rings (SSSR count). The van der Waals surface area contributed by atoms with Gasteiger partial charge in [-0.25, -0.2) is 4.98 Å². The van der Waals surface area contributed by atoms with Crippen molar-refractivity contribution in [3.05, 3.63) is 73.8 Å². The van der Waals surface area contributed by atoms with Gasteiger partial charge in [0.2, 0.25) is 5.91 Å². The van der Waals surface area contributed by atoms with Crippen LogP contribution in [-0.2, 0) is 11.3 Å². The molecule has 1 heterocycles. The van der Waals surface area contributed by atoms with Crippen molar-refractivity contribution in [2.45, 2.75) is 24.8 Å². The fraction of sp³-hybridized carbons (Fsp3) is 0.250. The minimum atomic E-state index is -0.465. The van der Waals surface area contributed by atoms with Crippen LogP contribution in [0.1, 0.15) is 19.2 Å². The van der Waals surface area contributed by atoms with Gasteiger partial charge in [-0.3, -0.25) is 19.7 Å². The Morgan fingerprint density at radius 2 is 2.00 bits per heavy atom. The maximum absolute atomic E-state index is 12.7. The van der Waals surface area contributed by atoms with Gasteiger partial charge in [0.15, 0.2) is 0 Å². The van der Waals surface area contributed by atoms with Gasteiger partial charge in [0, 0.05) is 28.6 Å². The summed E-state index contributed by atoms with van der Waals surface area (Å²) in [4.78, 5) is 44.9. The number of amides is 1. The van der Waals surface area contributed by atoms with Crippen LogP contribution in [0.5, 0.6) is 0 Å². The van der Waals surface area contributed by atoms with Crippen LogP contribution in [0.15, 0.2) is 52.2 Å².